The van der Waals surface area contributed by atoms with Crippen molar-refractivity contribution < 1.29 is 9.84 Å². The van der Waals surface area contributed by atoms with Crippen LogP contribution in [0.4, 0.5) is 0 Å². The molecule has 0 saturated carbocycles. The van der Waals surface area contributed by atoms with Gasteiger partial charge in [-0.25, -0.2) is 0 Å². The maximum atomic E-state index is 9.23. The van der Waals surface area contributed by atoms with Crippen molar-refractivity contribution in [2.24, 2.45) is 0 Å². The molecule has 0 saturated heterocycles. The Morgan fingerprint density at radius 2 is 2.16 bits per heavy atom. The third kappa shape index (κ3) is 4.95. The van der Waals surface area contributed by atoms with Crippen LogP contribution in [0.1, 0.15) is 31.7 Å². The molecule has 0 aromatic heterocycles. The number of aromatic hydroxyl groups is 1. The zero-order valence-electron chi connectivity index (χ0n) is 11.5. The fourth-order valence-corrected chi connectivity index (χ4v) is 2.22. The lowest BCUT2D eigenvalue weighted by atomic mass is 10.1. The highest BCUT2D eigenvalue weighted by molar-refractivity contribution is 5.25. The summed E-state index contributed by atoms with van der Waals surface area (Å²) in [6.07, 6.45) is 8.55. The van der Waals surface area contributed by atoms with Gasteiger partial charge in [-0.3, -0.25) is 0 Å². The second-order valence-corrected chi connectivity index (χ2v) is 5.22. The van der Waals surface area contributed by atoms with Gasteiger partial charge < -0.3 is 15.2 Å². The lowest BCUT2D eigenvalue weighted by molar-refractivity contribution is 0.119. The van der Waals surface area contributed by atoms with Crippen LogP contribution in [0.15, 0.2) is 36.6 Å². The molecular formula is C16H23NO2. The quantitative estimate of drug-likeness (QED) is 0.827. The van der Waals surface area contributed by atoms with E-state index < -0.39 is 0 Å². The van der Waals surface area contributed by atoms with Crippen LogP contribution in [0.3, 0.4) is 0 Å². The summed E-state index contributed by atoms with van der Waals surface area (Å²) in [5, 5.41) is 12.8. The molecule has 0 aliphatic carbocycles. The number of aryl methyl sites for hydroxylation is 1. The molecule has 1 aliphatic heterocycles. The molecule has 0 spiro atoms. The van der Waals surface area contributed by atoms with Crippen molar-refractivity contribution in [3.8, 4) is 5.75 Å². The molecule has 2 N–H and O–H groups in total. The maximum Gasteiger partial charge on any atom is 0.115 e. The standard InChI is InChI=1S/C16H23NO2/c1-13(17-12-16-4-2-3-11-19-16)5-6-14-7-9-15(18)10-8-14/h3,7-11,13,16-18H,2,4-6,12H2,1H3. The minimum absolute atomic E-state index is 0.320. The van der Waals surface area contributed by atoms with E-state index in [-0.39, 0.29) is 0 Å². The molecule has 19 heavy (non-hydrogen) atoms. The Hall–Kier alpha value is -1.48. The number of rotatable bonds is 6. The van der Waals surface area contributed by atoms with Crippen molar-refractivity contribution in [3.05, 3.63) is 42.2 Å². The number of ether oxygens (including phenoxy) is 1. The van der Waals surface area contributed by atoms with E-state index in [9.17, 15) is 5.11 Å². The summed E-state index contributed by atoms with van der Waals surface area (Å²) >= 11 is 0. The Morgan fingerprint density at radius 3 is 2.84 bits per heavy atom. The van der Waals surface area contributed by atoms with Gasteiger partial charge in [-0.2, -0.15) is 0 Å². The van der Waals surface area contributed by atoms with Crippen LogP contribution in [0, 0.1) is 0 Å². The molecular weight excluding hydrogens is 238 g/mol. The Balaban J connectivity index is 1.65. The highest BCUT2D eigenvalue weighted by Crippen LogP contribution is 2.12. The number of benzene rings is 1. The van der Waals surface area contributed by atoms with Gasteiger partial charge in [-0.15, -0.1) is 0 Å². The Morgan fingerprint density at radius 1 is 1.37 bits per heavy atom. The third-order valence-electron chi connectivity index (χ3n) is 3.52. The SMILES string of the molecule is CC(CCc1ccc(O)cc1)NCC1CCC=CO1. The highest BCUT2D eigenvalue weighted by Gasteiger charge is 2.12. The van der Waals surface area contributed by atoms with Crippen LogP contribution in [-0.4, -0.2) is 23.8 Å². The third-order valence-corrected chi connectivity index (χ3v) is 3.52. The maximum absolute atomic E-state index is 9.23. The molecule has 104 valence electrons. The first-order valence-corrected chi connectivity index (χ1v) is 7.06. The smallest absolute Gasteiger partial charge is 0.115 e. The van der Waals surface area contributed by atoms with Gasteiger partial charge in [0.25, 0.3) is 0 Å². The van der Waals surface area contributed by atoms with Gasteiger partial charge in [0.1, 0.15) is 11.9 Å². The van der Waals surface area contributed by atoms with Crippen molar-refractivity contribution in [2.75, 3.05) is 6.54 Å². The number of allylic oxidation sites excluding steroid dienone is 1. The minimum Gasteiger partial charge on any atom is -0.508 e. The van der Waals surface area contributed by atoms with Gasteiger partial charge in [0.2, 0.25) is 0 Å². The average Bonchev–Trinajstić information content (AvgIpc) is 2.45. The number of hydrogen-bond acceptors (Lipinski definition) is 3. The van der Waals surface area contributed by atoms with Crippen LogP contribution in [0.25, 0.3) is 0 Å². The second-order valence-electron chi connectivity index (χ2n) is 5.22. The molecule has 1 aromatic carbocycles. The number of phenolic OH excluding ortho intramolecular Hbond substituents is 1. The topological polar surface area (TPSA) is 41.5 Å². The highest BCUT2D eigenvalue weighted by atomic mass is 16.5. The number of phenols is 1. The molecule has 1 heterocycles. The summed E-state index contributed by atoms with van der Waals surface area (Å²) in [7, 11) is 0. The zero-order valence-corrected chi connectivity index (χ0v) is 11.5. The Kier molecular flexibility index (Phi) is 5.28. The predicted molar refractivity (Wildman–Crippen MR) is 77.1 cm³/mol. The van der Waals surface area contributed by atoms with Gasteiger partial charge in [0.05, 0.1) is 6.26 Å². The summed E-state index contributed by atoms with van der Waals surface area (Å²) < 4.78 is 5.53. The lowest BCUT2D eigenvalue weighted by Gasteiger charge is -2.22. The van der Waals surface area contributed by atoms with Crippen LogP contribution in [-0.2, 0) is 11.2 Å². The molecule has 2 rings (SSSR count). The normalized spacial score (nSPS) is 19.9. The monoisotopic (exact) mass is 261 g/mol. The van der Waals surface area contributed by atoms with Crippen molar-refractivity contribution >= 4 is 0 Å². The van der Waals surface area contributed by atoms with Crippen LogP contribution in [0.5, 0.6) is 5.75 Å². The van der Waals surface area contributed by atoms with Gasteiger partial charge in [0, 0.05) is 12.6 Å². The Bertz CT molecular complexity index is 400. The van der Waals surface area contributed by atoms with E-state index in [0.717, 1.165) is 32.2 Å². The summed E-state index contributed by atoms with van der Waals surface area (Å²) in [5.41, 5.74) is 1.27. The molecule has 3 heteroatoms. The van der Waals surface area contributed by atoms with E-state index in [1.54, 1.807) is 12.1 Å². The van der Waals surface area contributed by atoms with Crippen molar-refractivity contribution in [1.82, 2.24) is 5.32 Å². The molecule has 1 aromatic rings. The predicted octanol–water partition coefficient (Wildman–Crippen LogP) is 3.00. The van der Waals surface area contributed by atoms with Crippen LogP contribution >= 0.6 is 0 Å². The summed E-state index contributed by atoms with van der Waals surface area (Å²) in [6.45, 7) is 3.13. The molecule has 3 nitrogen and oxygen atoms in total. The lowest BCUT2D eigenvalue weighted by Crippen LogP contribution is -2.35. The first-order chi connectivity index (χ1) is 9.24. The summed E-state index contributed by atoms with van der Waals surface area (Å²) in [6, 6.07) is 7.93. The zero-order chi connectivity index (χ0) is 13.5. The van der Waals surface area contributed by atoms with Crippen LogP contribution < -0.4 is 5.32 Å². The molecule has 2 unspecified atom stereocenters. The largest absolute Gasteiger partial charge is 0.508 e. The first-order valence-electron chi connectivity index (χ1n) is 7.06. The summed E-state index contributed by atoms with van der Waals surface area (Å²) in [5.74, 6) is 0.331. The molecule has 0 amide bonds. The van der Waals surface area contributed by atoms with Gasteiger partial charge in [-0.1, -0.05) is 12.1 Å². The van der Waals surface area contributed by atoms with E-state index in [0.29, 0.717) is 17.9 Å². The number of nitrogens with one attached hydrogen (secondary N) is 1. The number of hydrogen-bond donors (Lipinski definition) is 2. The Labute approximate surface area is 115 Å². The van der Waals surface area contributed by atoms with Gasteiger partial charge >= 0.3 is 0 Å². The van der Waals surface area contributed by atoms with Crippen molar-refractivity contribution in [3.63, 3.8) is 0 Å². The first kappa shape index (κ1) is 13.9. The van der Waals surface area contributed by atoms with E-state index in [1.807, 2.05) is 18.4 Å². The summed E-state index contributed by atoms with van der Waals surface area (Å²) in [4.78, 5) is 0. The van der Waals surface area contributed by atoms with Crippen molar-refractivity contribution in [2.45, 2.75) is 44.8 Å². The van der Waals surface area contributed by atoms with Crippen molar-refractivity contribution in [1.29, 1.82) is 0 Å². The van der Waals surface area contributed by atoms with Gasteiger partial charge in [0.15, 0.2) is 0 Å². The van der Waals surface area contributed by atoms with Gasteiger partial charge in [-0.05, 0) is 56.4 Å². The second kappa shape index (κ2) is 7.19. The molecule has 1 aliphatic rings. The van der Waals surface area contributed by atoms with Crippen LogP contribution in [0.2, 0.25) is 0 Å². The average molecular weight is 261 g/mol. The molecule has 0 radical (unpaired) electrons. The molecule has 0 bridgehead atoms. The molecule has 2 atom stereocenters. The van der Waals surface area contributed by atoms with E-state index in [2.05, 4.69) is 18.3 Å². The fourth-order valence-electron chi connectivity index (χ4n) is 2.22. The minimum atomic E-state index is 0.320. The molecule has 0 fully saturated rings. The van der Waals surface area contributed by atoms with E-state index >= 15 is 0 Å². The fraction of sp³-hybridized carbons (Fsp3) is 0.500. The van der Waals surface area contributed by atoms with E-state index in [1.165, 1.54) is 5.56 Å². The van der Waals surface area contributed by atoms with E-state index in [4.69, 9.17) is 4.74 Å².